The molecule has 1 N–H and O–H groups in total. The van der Waals surface area contributed by atoms with Crippen LogP contribution in [0.3, 0.4) is 0 Å². The van der Waals surface area contributed by atoms with Crippen molar-refractivity contribution in [1.82, 2.24) is 9.88 Å². The van der Waals surface area contributed by atoms with Crippen LogP contribution in [-0.2, 0) is 16.1 Å². The molecule has 8 nitrogen and oxygen atoms in total. The van der Waals surface area contributed by atoms with E-state index in [-0.39, 0.29) is 23.5 Å². The van der Waals surface area contributed by atoms with Gasteiger partial charge in [0, 0.05) is 30.2 Å². The molecule has 2 heterocycles. The summed E-state index contributed by atoms with van der Waals surface area (Å²) in [6.45, 7) is 1.99. The first kappa shape index (κ1) is 20.0. The van der Waals surface area contributed by atoms with Gasteiger partial charge in [-0.1, -0.05) is 18.2 Å². The van der Waals surface area contributed by atoms with Crippen LogP contribution in [0.15, 0.2) is 78.8 Å². The molecule has 0 aliphatic carbocycles. The van der Waals surface area contributed by atoms with Crippen LogP contribution < -0.4 is 5.32 Å². The zero-order chi connectivity index (χ0) is 22.0. The average Bonchev–Trinajstić information content (AvgIpc) is 2.99. The largest absolute Gasteiger partial charge is 0.350 e. The number of nitro benzene ring substituents is 1. The molecule has 0 fully saturated rings. The third kappa shape index (κ3) is 4.04. The molecule has 154 valence electrons. The van der Waals surface area contributed by atoms with E-state index in [4.69, 9.17) is 0 Å². The Morgan fingerprint density at radius 3 is 2.45 bits per heavy atom. The summed E-state index contributed by atoms with van der Waals surface area (Å²) in [6.07, 6.45) is 3.21. The van der Waals surface area contributed by atoms with Crippen LogP contribution in [0.25, 0.3) is 5.57 Å². The quantitative estimate of drug-likeness (QED) is 0.375. The molecule has 3 aromatic rings. The molecule has 1 aliphatic rings. The minimum Gasteiger partial charge on any atom is -0.350 e. The lowest BCUT2D eigenvalue weighted by Gasteiger charge is -2.15. The fourth-order valence-corrected chi connectivity index (χ4v) is 3.39. The van der Waals surface area contributed by atoms with E-state index in [1.807, 2.05) is 25.1 Å². The number of anilines is 1. The molecule has 0 saturated heterocycles. The number of hydrogen-bond donors (Lipinski definition) is 1. The van der Waals surface area contributed by atoms with E-state index in [0.29, 0.717) is 16.8 Å². The van der Waals surface area contributed by atoms with Gasteiger partial charge in [0.15, 0.2) is 0 Å². The maximum atomic E-state index is 13.3. The van der Waals surface area contributed by atoms with Crippen molar-refractivity contribution in [3.63, 3.8) is 0 Å². The van der Waals surface area contributed by atoms with Gasteiger partial charge in [-0.3, -0.25) is 29.6 Å². The number of aromatic nitrogens is 1. The lowest BCUT2D eigenvalue weighted by atomic mass is 10.0. The van der Waals surface area contributed by atoms with Crippen molar-refractivity contribution in [2.45, 2.75) is 13.5 Å². The molecule has 1 aliphatic heterocycles. The Morgan fingerprint density at radius 1 is 1.03 bits per heavy atom. The second-order valence-electron chi connectivity index (χ2n) is 7.11. The van der Waals surface area contributed by atoms with Gasteiger partial charge in [-0.2, -0.15) is 0 Å². The Bertz CT molecular complexity index is 1200. The Morgan fingerprint density at radius 2 is 1.81 bits per heavy atom. The molecule has 0 unspecified atom stereocenters. The fourth-order valence-electron chi connectivity index (χ4n) is 3.39. The lowest BCUT2D eigenvalue weighted by Crippen LogP contribution is -2.32. The van der Waals surface area contributed by atoms with Crippen LogP contribution >= 0.6 is 0 Å². The Labute approximate surface area is 178 Å². The van der Waals surface area contributed by atoms with Crippen LogP contribution in [0.4, 0.5) is 11.4 Å². The molecule has 8 heteroatoms. The predicted molar refractivity (Wildman–Crippen MR) is 115 cm³/mol. The smallest absolute Gasteiger partial charge is 0.278 e. The third-order valence-corrected chi connectivity index (χ3v) is 4.89. The van der Waals surface area contributed by atoms with Crippen molar-refractivity contribution < 1.29 is 14.5 Å². The van der Waals surface area contributed by atoms with Gasteiger partial charge >= 0.3 is 0 Å². The van der Waals surface area contributed by atoms with Gasteiger partial charge < -0.3 is 5.32 Å². The molecule has 0 spiro atoms. The number of carbonyl (C=O) groups excluding carboxylic acids is 2. The summed E-state index contributed by atoms with van der Waals surface area (Å²) in [5.74, 6) is -0.943. The van der Waals surface area contributed by atoms with Gasteiger partial charge in [0.25, 0.3) is 17.5 Å². The van der Waals surface area contributed by atoms with Crippen LogP contribution in [0, 0.1) is 17.0 Å². The van der Waals surface area contributed by atoms with E-state index in [1.54, 1.807) is 30.6 Å². The molecule has 4 rings (SSSR count). The van der Waals surface area contributed by atoms with Crippen LogP contribution in [-0.4, -0.2) is 26.6 Å². The minimum absolute atomic E-state index is 0.0704. The molecule has 2 aromatic carbocycles. The van der Waals surface area contributed by atoms with Crippen molar-refractivity contribution in [1.29, 1.82) is 0 Å². The second-order valence-corrected chi connectivity index (χ2v) is 7.11. The SMILES string of the molecule is Cc1cccc(NC2=C(c3ccc([N+](=O)[O-])cc3)C(=O)N(Cc3cccnc3)C2=O)c1. The van der Waals surface area contributed by atoms with Crippen LogP contribution in [0.5, 0.6) is 0 Å². The molecular weight excluding hydrogens is 396 g/mol. The van der Waals surface area contributed by atoms with Crippen molar-refractivity contribution >= 4 is 28.8 Å². The van der Waals surface area contributed by atoms with Crippen molar-refractivity contribution in [3.8, 4) is 0 Å². The molecule has 2 amide bonds. The molecule has 0 radical (unpaired) electrons. The van der Waals surface area contributed by atoms with Gasteiger partial charge in [0.1, 0.15) is 5.70 Å². The number of carbonyl (C=O) groups is 2. The standard InChI is InChI=1S/C23H18N4O4/c1-15-4-2-6-18(12-15)25-21-20(17-7-9-19(10-8-17)27(30)31)22(28)26(23(21)29)14-16-5-3-11-24-13-16/h2-13,25H,14H2,1H3. The predicted octanol–water partition coefficient (Wildman–Crippen LogP) is 3.69. The third-order valence-electron chi connectivity index (χ3n) is 4.89. The first-order chi connectivity index (χ1) is 14.9. The summed E-state index contributed by atoms with van der Waals surface area (Å²) in [4.78, 5) is 42.1. The van der Waals surface area contributed by atoms with Gasteiger partial charge in [-0.25, -0.2) is 0 Å². The number of nitrogens with one attached hydrogen (secondary N) is 1. The highest BCUT2D eigenvalue weighted by Crippen LogP contribution is 2.32. The molecule has 0 saturated carbocycles. The second kappa shape index (κ2) is 8.19. The van der Waals surface area contributed by atoms with Crippen molar-refractivity contribution in [2.24, 2.45) is 0 Å². The van der Waals surface area contributed by atoms with E-state index in [9.17, 15) is 19.7 Å². The highest BCUT2D eigenvalue weighted by atomic mass is 16.6. The molecule has 0 atom stereocenters. The molecule has 31 heavy (non-hydrogen) atoms. The number of pyridine rings is 1. The van der Waals surface area contributed by atoms with Gasteiger partial charge in [0.2, 0.25) is 0 Å². The zero-order valence-corrected chi connectivity index (χ0v) is 16.6. The maximum Gasteiger partial charge on any atom is 0.278 e. The number of amides is 2. The van der Waals surface area contributed by atoms with E-state index in [0.717, 1.165) is 10.5 Å². The number of aryl methyl sites for hydroxylation is 1. The van der Waals surface area contributed by atoms with Crippen molar-refractivity contribution in [3.05, 3.63) is 106 Å². The van der Waals surface area contributed by atoms with Crippen LogP contribution in [0.2, 0.25) is 0 Å². The molecule has 0 bridgehead atoms. The first-order valence-corrected chi connectivity index (χ1v) is 9.52. The summed E-state index contributed by atoms with van der Waals surface area (Å²) in [5, 5.41) is 14.1. The topological polar surface area (TPSA) is 105 Å². The maximum absolute atomic E-state index is 13.3. The normalized spacial score (nSPS) is 13.6. The van der Waals surface area contributed by atoms with E-state index >= 15 is 0 Å². The number of benzene rings is 2. The number of rotatable bonds is 6. The monoisotopic (exact) mass is 414 g/mol. The Balaban J connectivity index is 1.75. The summed E-state index contributed by atoms with van der Waals surface area (Å²) in [7, 11) is 0. The van der Waals surface area contributed by atoms with E-state index < -0.39 is 16.7 Å². The summed E-state index contributed by atoms with van der Waals surface area (Å²) < 4.78 is 0. The summed E-state index contributed by atoms with van der Waals surface area (Å²) >= 11 is 0. The van der Waals surface area contributed by atoms with E-state index in [1.165, 1.54) is 24.3 Å². The lowest BCUT2D eigenvalue weighted by molar-refractivity contribution is -0.384. The Hall–Kier alpha value is -4.33. The minimum atomic E-state index is -0.513. The summed E-state index contributed by atoms with van der Waals surface area (Å²) in [6, 6.07) is 16.5. The van der Waals surface area contributed by atoms with Gasteiger partial charge in [-0.15, -0.1) is 0 Å². The molecule has 1 aromatic heterocycles. The zero-order valence-electron chi connectivity index (χ0n) is 16.6. The summed E-state index contributed by atoms with van der Waals surface area (Å²) in [5.41, 5.74) is 3.00. The average molecular weight is 414 g/mol. The fraction of sp³-hybridized carbons (Fsp3) is 0.0870. The number of imide groups is 1. The van der Waals surface area contributed by atoms with Crippen molar-refractivity contribution in [2.75, 3.05) is 5.32 Å². The number of nitrogens with zero attached hydrogens (tertiary/aromatic N) is 3. The molecular formula is C23H18N4O4. The van der Waals surface area contributed by atoms with Gasteiger partial charge in [0.05, 0.1) is 17.0 Å². The highest BCUT2D eigenvalue weighted by molar-refractivity contribution is 6.36. The number of hydrogen-bond acceptors (Lipinski definition) is 6. The Kier molecular flexibility index (Phi) is 5.28. The highest BCUT2D eigenvalue weighted by Gasteiger charge is 2.39. The van der Waals surface area contributed by atoms with Gasteiger partial charge in [-0.05, 0) is 53.9 Å². The first-order valence-electron chi connectivity index (χ1n) is 9.52. The number of nitro groups is 1. The number of non-ortho nitro benzene ring substituents is 1. The van der Waals surface area contributed by atoms with Crippen LogP contribution in [0.1, 0.15) is 16.7 Å². The van der Waals surface area contributed by atoms with E-state index in [2.05, 4.69) is 10.3 Å².